The Balaban J connectivity index is 1.28. The molecule has 6 rings (SSSR count). The lowest BCUT2D eigenvalue weighted by molar-refractivity contribution is 0.462. The Hall–Kier alpha value is -2.86. The van der Waals surface area contributed by atoms with Gasteiger partial charge in [-0.15, -0.1) is 0 Å². The number of nitrogens with one attached hydrogen (secondary N) is 4. The first-order valence-electron chi connectivity index (χ1n) is 10.8. The monoisotopic (exact) mass is 386 g/mol. The second-order valence-corrected chi connectivity index (χ2v) is 8.37. The van der Waals surface area contributed by atoms with E-state index in [0.717, 1.165) is 48.9 Å². The van der Waals surface area contributed by atoms with Gasteiger partial charge in [0.05, 0.1) is 0 Å². The molecule has 5 heterocycles. The zero-order chi connectivity index (χ0) is 19.2. The molecule has 1 fully saturated rings. The maximum absolute atomic E-state index is 4.81. The summed E-state index contributed by atoms with van der Waals surface area (Å²) in [5, 5.41) is 9.34. The van der Waals surface area contributed by atoms with E-state index in [-0.39, 0.29) is 0 Å². The second kappa shape index (κ2) is 6.88. The summed E-state index contributed by atoms with van der Waals surface area (Å²) in [5.74, 6) is 2.26. The summed E-state index contributed by atoms with van der Waals surface area (Å²) in [6, 6.07) is 8.50. The molecule has 0 spiro atoms. The van der Waals surface area contributed by atoms with Crippen LogP contribution in [-0.4, -0.2) is 33.0 Å². The van der Waals surface area contributed by atoms with Gasteiger partial charge in [-0.1, -0.05) is 0 Å². The highest BCUT2D eigenvalue weighted by Gasteiger charge is 2.19. The van der Waals surface area contributed by atoms with Crippen LogP contribution >= 0.6 is 0 Å². The van der Waals surface area contributed by atoms with Crippen molar-refractivity contribution in [2.75, 3.05) is 18.4 Å². The van der Waals surface area contributed by atoms with Crippen LogP contribution in [0, 0.1) is 0 Å². The maximum Gasteiger partial charge on any atom is 0.140 e. The Kier molecular flexibility index (Phi) is 4.04. The molecule has 29 heavy (non-hydrogen) atoms. The standard InChI is InChI=1S/C23H26N6/c1-2-4-19-15(3-1)16-5-7-21(29-23(16)26-19)27-20-8-6-17-18(13-25-22(17)28-20)14-9-11-24-12-10-14/h5-8,13-14,24H,1-4,9-12H2,(H3,25,26,27,28,29). The zero-order valence-electron chi connectivity index (χ0n) is 16.5. The van der Waals surface area contributed by atoms with Crippen molar-refractivity contribution in [1.29, 1.82) is 0 Å². The third kappa shape index (κ3) is 2.99. The number of fused-ring (bicyclic) bond motifs is 4. The number of piperidine rings is 1. The molecule has 0 atom stereocenters. The first kappa shape index (κ1) is 17.0. The lowest BCUT2D eigenvalue weighted by atomic mass is 9.90. The third-order valence-electron chi connectivity index (χ3n) is 6.56. The van der Waals surface area contributed by atoms with Gasteiger partial charge in [-0.2, -0.15) is 0 Å². The number of rotatable bonds is 3. The van der Waals surface area contributed by atoms with Gasteiger partial charge in [0.15, 0.2) is 0 Å². The van der Waals surface area contributed by atoms with Gasteiger partial charge in [-0.25, -0.2) is 9.97 Å². The molecule has 1 aliphatic carbocycles. The van der Waals surface area contributed by atoms with Gasteiger partial charge in [-0.05, 0) is 92.9 Å². The Labute approximate surface area is 169 Å². The zero-order valence-corrected chi connectivity index (χ0v) is 16.5. The van der Waals surface area contributed by atoms with Crippen molar-refractivity contribution in [3.8, 4) is 0 Å². The molecule has 0 amide bonds. The van der Waals surface area contributed by atoms with Crippen molar-refractivity contribution in [2.45, 2.75) is 44.4 Å². The molecule has 0 bridgehead atoms. The van der Waals surface area contributed by atoms with Crippen LogP contribution < -0.4 is 10.6 Å². The fraction of sp³-hybridized carbons (Fsp3) is 0.391. The molecule has 1 aliphatic heterocycles. The van der Waals surface area contributed by atoms with Gasteiger partial charge in [0.25, 0.3) is 0 Å². The smallest absolute Gasteiger partial charge is 0.140 e. The van der Waals surface area contributed by atoms with Gasteiger partial charge in [0, 0.05) is 22.7 Å². The van der Waals surface area contributed by atoms with E-state index in [1.54, 1.807) is 0 Å². The number of hydrogen-bond acceptors (Lipinski definition) is 4. The van der Waals surface area contributed by atoms with E-state index in [9.17, 15) is 0 Å². The Morgan fingerprint density at radius 1 is 0.862 bits per heavy atom. The number of H-pyrrole nitrogens is 2. The summed E-state index contributed by atoms with van der Waals surface area (Å²) < 4.78 is 0. The summed E-state index contributed by atoms with van der Waals surface area (Å²) >= 11 is 0. The largest absolute Gasteiger partial charge is 0.346 e. The van der Waals surface area contributed by atoms with E-state index in [2.05, 4.69) is 51.1 Å². The highest BCUT2D eigenvalue weighted by molar-refractivity contribution is 5.85. The molecule has 6 nitrogen and oxygen atoms in total. The van der Waals surface area contributed by atoms with E-state index < -0.39 is 0 Å². The van der Waals surface area contributed by atoms with Crippen molar-refractivity contribution in [3.05, 3.63) is 47.3 Å². The van der Waals surface area contributed by atoms with Crippen LogP contribution in [0.5, 0.6) is 0 Å². The number of hydrogen-bond donors (Lipinski definition) is 4. The topological polar surface area (TPSA) is 81.4 Å². The Morgan fingerprint density at radius 2 is 1.62 bits per heavy atom. The fourth-order valence-electron chi connectivity index (χ4n) is 5.05. The minimum Gasteiger partial charge on any atom is -0.346 e. The van der Waals surface area contributed by atoms with E-state index in [1.165, 1.54) is 53.3 Å². The molecule has 0 saturated carbocycles. The van der Waals surface area contributed by atoms with Gasteiger partial charge >= 0.3 is 0 Å². The Bertz CT molecular complexity index is 1180. The van der Waals surface area contributed by atoms with E-state index in [4.69, 9.17) is 9.97 Å². The molecule has 4 aromatic heterocycles. The molecule has 0 radical (unpaired) electrons. The molecule has 0 aromatic carbocycles. The summed E-state index contributed by atoms with van der Waals surface area (Å²) in [7, 11) is 0. The lowest BCUT2D eigenvalue weighted by Gasteiger charge is -2.22. The minimum atomic E-state index is 0.619. The second-order valence-electron chi connectivity index (χ2n) is 8.37. The summed E-state index contributed by atoms with van der Waals surface area (Å²) in [5.41, 5.74) is 6.15. The molecule has 4 N–H and O–H groups in total. The van der Waals surface area contributed by atoms with Crippen molar-refractivity contribution in [1.82, 2.24) is 25.3 Å². The van der Waals surface area contributed by atoms with Crippen molar-refractivity contribution in [3.63, 3.8) is 0 Å². The number of anilines is 2. The van der Waals surface area contributed by atoms with Crippen molar-refractivity contribution < 1.29 is 0 Å². The van der Waals surface area contributed by atoms with Crippen LogP contribution in [-0.2, 0) is 12.8 Å². The summed E-state index contributed by atoms with van der Waals surface area (Å²) in [4.78, 5) is 16.5. The highest BCUT2D eigenvalue weighted by Crippen LogP contribution is 2.32. The van der Waals surface area contributed by atoms with E-state index >= 15 is 0 Å². The molecule has 2 aliphatic rings. The third-order valence-corrected chi connectivity index (χ3v) is 6.56. The maximum atomic E-state index is 4.81. The number of nitrogens with zero attached hydrogens (tertiary/aromatic N) is 2. The van der Waals surface area contributed by atoms with Crippen LogP contribution in [0.3, 0.4) is 0 Å². The minimum absolute atomic E-state index is 0.619. The van der Waals surface area contributed by atoms with Crippen LogP contribution in [0.15, 0.2) is 30.5 Å². The lowest BCUT2D eigenvalue weighted by Crippen LogP contribution is -2.26. The van der Waals surface area contributed by atoms with Gasteiger partial charge in [0.1, 0.15) is 22.9 Å². The molecule has 148 valence electrons. The van der Waals surface area contributed by atoms with E-state index in [1.807, 2.05) is 0 Å². The van der Waals surface area contributed by atoms with Gasteiger partial charge in [-0.3, -0.25) is 0 Å². The van der Waals surface area contributed by atoms with Crippen LogP contribution in [0.2, 0.25) is 0 Å². The van der Waals surface area contributed by atoms with E-state index in [0.29, 0.717) is 5.92 Å². The molecular weight excluding hydrogens is 360 g/mol. The number of pyridine rings is 2. The number of aryl methyl sites for hydroxylation is 2. The van der Waals surface area contributed by atoms with Crippen LogP contribution in [0.25, 0.3) is 22.1 Å². The SMILES string of the molecule is c1cc2c(C3CCNCC3)c[nH]c2nc1Nc1ccc2c3c([nH]c2n1)CCCC3. The summed E-state index contributed by atoms with van der Waals surface area (Å²) in [6.45, 7) is 2.20. The molecule has 0 unspecified atom stereocenters. The number of aromatic amines is 2. The molecular formula is C23H26N6. The predicted molar refractivity (Wildman–Crippen MR) is 117 cm³/mol. The molecule has 6 heteroatoms. The first-order valence-corrected chi connectivity index (χ1v) is 10.8. The Morgan fingerprint density at radius 3 is 2.48 bits per heavy atom. The molecule has 1 saturated heterocycles. The highest BCUT2D eigenvalue weighted by atomic mass is 15.1. The van der Waals surface area contributed by atoms with Crippen molar-refractivity contribution >= 4 is 33.7 Å². The quantitative estimate of drug-likeness (QED) is 0.417. The predicted octanol–water partition coefficient (Wildman–Crippen LogP) is 4.53. The fourth-order valence-corrected chi connectivity index (χ4v) is 5.05. The number of aromatic nitrogens is 4. The normalized spacial score (nSPS) is 17.7. The van der Waals surface area contributed by atoms with Crippen LogP contribution in [0.1, 0.15) is 48.4 Å². The molecule has 4 aromatic rings. The average molecular weight is 387 g/mol. The first-order chi connectivity index (χ1) is 14.3. The average Bonchev–Trinajstić information content (AvgIpc) is 3.35. The van der Waals surface area contributed by atoms with Gasteiger partial charge < -0.3 is 20.6 Å². The van der Waals surface area contributed by atoms with Crippen molar-refractivity contribution in [2.24, 2.45) is 0 Å². The van der Waals surface area contributed by atoms with Crippen LogP contribution in [0.4, 0.5) is 11.6 Å². The van der Waals surface area contributed by atoms with Gasteiger partial charge in [0.2, 0.25) is 0 Å². The summed E-state index contributed by atoms with van der Waals surface area (Å²) in [6.07, 6.45) is 9.37.